The molecule has 21 heavy (non-hydrogen) atoms. The van der Waals surface area contributed by atoms with E-state index < -0.39 is 0 Å². The van der Waals surface area contributed by atoms with Gasteiger partial charge in [-0.05, 0) is 54.4 Å². The van der Waals surface area contributed by atoms with Crippen molar-refractivity contribution in [2.45, 2.75) is 39.3 Å². The lowest BCUT2D eigenvalue weighted by atomic mass is 10.1. The molecule has 1 atom stereocenters. The van der Waals surface area contributed by atoms with E-state index in [4.69, 9.17) is 11.6 Å². The van der Waals surface area contributed by atoms with Gasteiger partial charge >= 0.3 is 0 Å². The topological polar surface area (TPSA) is 42.7 Å². The third-order valence-corrected chi connectivity index (χ3v) is 3.93. The largest absolute Gasteiger partial charge is 0.305 e. The molecule has 1 unspecified atom stereocenters. The maximum absolute atomic E-state index is 6.40. The zero-order chi connectivity index (χ0) is 15.4. The molecule has 2 rings (SSSR count). The van der Waals surface area contributed by atoms with Gasteiger partial charge in [-0.2, -0.15) is 5.10 Å². The molecular formula is C15H20BrClN4. The summed E-state index contributed by atoms with van der Waals surface area (Å²) in [6.45, 7) is 7.24. The van der Waals surface area contributed by atoms with Gasteiger partial charge in [0.1, 0.15) is 0 Å². The Balaban J connectivity index is 2.48. The highest BCUT2D eigenvalue weighted by Gasteiger charge is 2.23. The average Bonchev–Trinajstić information content (AvgIpc) is 2.82. The highest BCUT2D eigenvalue weighted by molar-refractivity contribution is 9.10. The van der Waals surface area contributed by atoms with Crippen LogP contribution in [0.1, 0.15) is 50.5 Å². The van der Waals surface area contributed by atoms with Crippen LogP contribution in [-0.2, 0) is 0 Å². The second kappa shape index (κ2) is 7.38. The van der Waals surface area contributed by atoms with E-state index in [1.165, 1.54) is 0 Å². The van der Waals surface area contributed by atoms with E-state index in [9.17, 15) is 0 Å². The first kappa shape index (κ1) is 16.5. The minimum absolute atomic E-state index is 0.0210. The molecule has 0 aromatic carbocycles. The van der Waals surface area contributed by atoms with Gasteiger partial charge in [-0.1, -0.05) is 18.5 Å². The predicted octanol–water partition coefficient (Wildman–Crippen LogP) is 4.36. The van der Waals surface area contributed by atoms with Crippen LogP contribution < -0.4 is 5.32 Å². The average molecular weight is 372 g/mol. The van der Waals surface area contributed by atoms with Crippen molar-refractivity contribution >= 4 is 27.5 Å². The summed E-state index contributed by atoms with van der Waals surface area (Å²) in [5.41, 5.74) is 2.06. The number of nitrogens with zero attached hydrogens (tertiary/aromatic N) is 3. The fourth-order valence-corrected chi connectivity index (χ4v) is 2.90. The smallest absolute Gasteiger partial charge is 0.0837 e. The third-order valence-electron chi connectivity index (χ3n) is 3.21. The third kappa shape index (κ3) is 3.84. The summed E-state index contributed by atoms with van der Waals surface area (Å²) in [5.74, 6) is 0. The summed E-state index contributed by atoms with van der Waals surface area (Å²) in [6, 6.07) is 2.29. The van der Waals surface area contributed by atoms with Crippen LogP contribution in [0.25, 0.3) is 0 Å². The van der Waals surface area contributed by atoms with Gasteiger partial charge in [0, 0.05) is 22.9 Å². The van der Waals surface area contributed by atoms with Crippen molar-refractivity contribution in [1.29, 1.82) is 0 Å². The van der Waals surface area contributed by atoms with Crippen LogP contribution in [0.2, 0.25) is 5.02 Å². The van der Waals surface area contributed by atoms with Gasteiger partial charge in [0.2, 0.25) is 0 Å². The van der Waals surface area contributed by atoms with Gasteiger partial charge in [-0.15, -0.1) is 0 Å². The van der Waals surface area contributed by atoms with Crippen molar-refractivity contribution < 1.29 is 0 Å². The molecule has 2 aromatic rings. The van der Waals surface area contributed by atoms with E-state index in [1.807, 2.05) is 10.9 Å². The number of aromatic nitrogens is 3. The summed E-state index contributed by atoms with van der Waals surface area (Å²) in [6.07, 6.45) is 6.40. The molecule has 0 aliphatic heterocycles. The van der Waals surface area contributed by atoms with Gasteiger partial charge in [0.15, 0.2) is 0 Å². The minimum Gasteiger partial charge on any atom is -0.305 e. The lowest BCUT2D eigenvalue weighted by Gasteiger charge is -2.22. The lowest BCUT2D eigenvalue weighted by molar-refractivity contribution is 0.471. The molecule has 6 heteroatoms. The molecule has 0 fully saturated rings. The Morgan fingerprint density at radius 1 is 1.33 bits per heavy atom. The molecule has 0 bridgehead atoms. The molecule has 1 N–H and O–H groups in total. The highest BCUT2D eigenvalue weighted by atomic mass is 79.9. The molecule has 2 heterocycles. The Bertz CT molecular complexity index is 597. The number of pyridine rings is 1. The number of hydrogen-bond acceptors (Lipinski definition) is 3. The molecule has 0 amide bonds. The summed E-state index contributed by atoms with van der Waals surface area (Å²) in [4.78, 5) is 4.27. The quantitative estimate of drug-likeness (QED) is 0.820. The Morgan fingerprint density at radius 2 is 2.10 bits per heavy atom. The van der Waals surface area contributed by atoms with Crippen LogP contribution in [0.5, 0.6) is 0 Å². The minimum atomic E-state index is -0.0210. The number of rotatable bonds is 6. The van der Waals surface area contributed by atoms with E-state index in [2.05, 4.69) is 58.2 Å². The zero-order valence-corrected chi connectivity index (χ0v) is 14.8. The Morgan fingerprint density at radius 3 is 2.71 bits per heavy atom. The predicted molar refractivity (Wildman–Crippen MR) is 89.7 cm³/mol. The molecule has 2 aromatic heterocycles. The number of halogens is 2. The SMILES string of the molecule is CCCNC(c1cncc(Br)c1)c1c(Cl)cnn1C(C)C. The van der Waals surface area contributed by atoms with Gasteiger partial charge in [-0.25, -0.2) is 0 Å². The summed E-state index contributed by atoms with van der Waals surface area (Å²) in [5, 5.41) is 8.63. The molecule has 4 nitrogen and oxygen atoms in total. The van der Waals surface area contributed by atoms with Crippen LogP contribution >= 0.6 is 27.5 Å². The summed E-state index contributed by atoms with van der Waals surface area (Å²) in [7, 11) is 0. The molecule has 114 valence electrons. The number of nitrogens with one attached hydrogen (secondary N) is 1. The second-order valence-electron chi connectivity index (χ2n) is 5.24. The molecule has 0 aliphatic rings. The highest BCUT2D eigenvalue weighted by Crippen LogP contribution is 2.30. The van der Waals surface area contributed by atoms with E-state index in [0.717, 1.165) is 28.7 Å². The summed E-state index contributed by atoms with van der Waals surface area (Å²) >= 11 is 9.88. The molecule has 0 saturated carbocycles. The first-order valence-electron chi connectivity index (χ1n) is 7.11. The van der Waals surface area contributed by atoms with Crippen molar-refractivity contribution in [3.63, 3.8) is 0 Å². The van der Waals surface area contributed by atoms with Crippen LogP contribution in [0.3, 0.4) is 0 Å². The maximum atomic E-state index is 6.40. The van der Waals surface area contributed by atoms with E-state index in [0.29, 0.717) is 5.02 Å². The molecule has 0 aliphatic carbocycles. The van der Waals surface area contributed by atoms with Crippen LogP contribution in [-0.4, -0.2) is 21.3 Å². The van der Waals surface area contributed by atoms with Crippen LogP contribution in [0, 0.1) is 0 Å². The summed E-state index contributed by atoms with van der Waals surface area (Å²) < 4.78 is 2.92. The van der Waals surface area contributed by atoms with Gasteiger partial charge in [-0.3, -0.25) is 9.67 Å². The fraction of sp³-hybridized carbons (Fsp3) is 0.467. The van der Waals surface area contributed by atoms with Crippen molar-refractivity contribution in [2.75, 3.05) is 6.54 Å². The molecular weight excluding hydrogens is 352 g/mol. The van der Waals surface area contributed by atoms with Gasteiger partial charge < -0.3 is 5.32 Å². The van der Waals surface area contributed by atoms with Crippen molar-refractivity contribution in [2.24, 2.45) is 0 Å². The van der Waals surface area contributed by atoms with Crippen molar-refractivity contribution in [3.8, 4) is 0 Å². The van der Waals surface area contributed by atoms with Crippen LogP contribution in [0.15, 0.2) is 29.1 Å². The monoisotopic (exact) mass is 370 g/mol. The molecule has 0 saturated heterocycles. The van der Waals surface area contributed by atoms with E-state index >= 15 is 0 Å². The van der Waals surface area contributed by atoms with E-state index in [-0.39, 0.29) is 12.1 Å². The maximum Gasteiger partial charge on any atom is 0.0837 e. The molecule has 0 radical (unpaired) electrons. The fourth-order valence-electron chi connectivity index (χ4n) is 2.28. The Hall–Kier alpha value is -0.910. The Kier molecular flexibility index (Phi) is 5.79. The normalized spacial score (nSPS) is 12.9. The number of hydrogen-bond donors (Lipinski definition) is 1. The van der Waals surface area contributed by atoms with Crippen molar-refractivity contribution in [3.05, 3.63) is 45.4 Å². The molecule has 0 spiro atoms. The second-order valence-corrected chi connectivity index (χ2v) is 6.56. The van der Waals surface area contributed by atoms with Crippen molar-refractivity contribution in [1.82, 2.24) is 20.1 Å². The van der Waals surface area contributed by atoms with Crippen LogP contribution in [0.4, 0.5) is 0 Å². The van der Waals surface area contributed by atoms with Gasteiger partial charge in [0.05, 0.1) is 23.0 Å². The zero-order valence-electron chi connectivity index (χ0n) is 12.5. The van der Waals surface area contributed by atoms with Gasteiger partial charge in [0.25, 0.3) is 0 Å². The van der Waals surface area contributed by atoms with E-state index in [1.54, 1.807) is 12.4 Å². The first-order chi connectivity index (χ1) is 10.0. The lowest BCUT2D eigenvalue weighted by Crippen LogP contribution is -2.27. The Labute approximate surface area is 139 Å². The standard InChI is InChI=1S/C15H20BrClN4/c1-4-5-19-14(11-6-12(16)8-18-7-11)15-13(17)9-20-21(15)10(2)3/h6-10,14,19H,4-5H2,1-3H3. The first-order valence-corrected chi connectivity index (χ1v) is 8.28.